The Kier molecular flexibility index (Phi) is 5.41. The molecule has 5 nitrogen and oxygen atoms in total. The second kappa shape index (κ2) is 6.59. The van der Waals surface area contributed by atoms with Crippen LogP contribution in [0.4, 0.5) is 0 Å². The van der Waals surface area contributed by atoms with Crippen LogP contribution in [0.1, 0.15) is 45.4 Å². The first-order chi connectivity index (χ1) is 8.08. The van der Waals surface area contributed by atoms with E-state index in [0.29, 0.717) is 25.9 Å². The predicted octanol–water partition coefficient (Wildman–Crippen LogP) is 1.36. The minimum Gasteiger partial charge on any atom is -0.439 e. The van der Waals surface area contributed by atoms with Gasteiger partial charge < -0.3 is 14.8 Å². The van der Waals surface area contributed by atoms with Crippen molar-refractivity contribution >= 4 is 11.9 Å². The third-order valence-corrected chi connectivity index (χ3v) is 2.90. The number of esters is 1. The molecular formula is C12H21NO4. The van der Waals surface area contributed by atoms with Crippen molar-refractivity contribution in [1.29, 1.82) is 0 Å². The van der Waals surface area contributed by atoms with Crippen molar-refractivity contribution in [3.8, 4) is 0 Å². The number of methoxy groups -OCH3 is 1. The molecule has 1 aliphatic carbocycles. The van der Waals surface area contributed by atoms with E-state index in [0.717, 1.165) is 19.3 Å². The van der Waals surface area contributed by atoms with Gasteiger partial charge in [0.1, 0.15) is 0 Å². The number of amides is 1. The Morgan fingerprint density at radius 1 is 1.24 bits per heavy atom. The Labute approximate surface area is 102 Å². The fourth-order valence-electron chi connectivity index (χ4n) is 2.16. The number of hydrogen-bond donors (Lipinski definition) is 1. The van der Waals surface area contributed by atoms with E-state index in [-0.39, 0.29) is 11.9 Å². The van der Waals surface area contributed by atoms with Gasteiger partial charge in [-0.25, -0.2) is 0 Å². The lowest BCUT2D eigenvalue weighted by atomic mass is 9.91. The van der Waals surface area contributed by atoms with Crippen LogP contribution in [0.15, 0.2) is 0 Å². The summed E-state index contributed by atoms with van der Waals surface area (Å²) in [4.78, 5) is 22.8. The first kappa shape index (κ1) is 14.0. The van der Waals surface area contributed by atoms with E-state index in [1.165, 1.54) is 6.92 Å². The fourth-order valence-corrected chi connectivity index (χ4v) is 2.16. The van der Waals surface area contributed by atoms with Crippen molar-refractivity contribution in [2.24, 2.45) is 0 Å². The van der Waals surface area contributed by atoms with E-state index in [1.54, 1.807) is 7.11 Å². The monoisotopic (exact) mass is 243 g/mol. The van der Waals surface area contributed by atoms with Gasteiger partial charge in [0, 0.05) is 26.9 Å². The minimum absolute atomic E-state index is 0.130. The molecule has 1 amide bonds. The summed E-state index contributed by atoms with van der Waals surface area (Å²) in [6.45, 7) is 1.75. The number of hydrogen-bond acceptors (Lipinski definition) is 4. The summed E-state index contributed by atoms with van der Waals surface area (Å²) in [5.41, 5.74) is -0.783. The van der Waals surface area contributed by atoms with Gasteiger partial charge in [0.25, 0.3) is 0 Å². The summed E-state index contributed by atoms with van der Waals surface area (Å²) in [6, 6.07) is 0. The van der Waals surface area contributed by atoms with Crippen molar-refractivity contribution in [1.82, 2.24) is 5.32 Å². The third kappa shape index (κ3) is 4.73. The maximum absolute atomic E-state index is 11.7. The highest BCUT2D eigenvalue weighted by Crippen LogP contribution is 2.29. The lowest BCUT2D eigenvalue weighted by molar-refractivity contribution is -0.167. The number of carbonyl (C=O) groups is 2. The van der Waals surface area contributed by atoms with Crippen molar-refractivity contribution in [2.45, 2.75) is 51.2 Å². The first-order valence-electron chi connectivity index (χ1n) is 6.07. The second-order valence-electron chi connectivity index (χ2n) is 4.44. The van der Waals surface area contributed by atoms with Crippen LogP contribution < -0.4 is 5.32 Å². The molecule has 98 valence electrons. The molecule has 1 N–H and O–H groups in total. The van der Waals surface area contributed by atoms with Crippen LogP contribution in [-0.4, -0.2) is 31.3 Å². The van der Waals surface area contributed by atoms with Crippen LogP contribution >= 0.6 is 0 Å². The Morgan fingerprint density at radius 3 is 2.41 bits per heavy atom. The highest BCUT2D eigenvalue weighted by atomic mass is 16.6. The van der Waals surface area contributed by atoms with E-state index in [4.69, 9.17) is 9.47 Å². The molecule has 0 aromatic heterocycles. The molecule has 17 heavy (non-hydrogen) atoms. The van der Waals surface area contributed by atoms with E-state index < -0.39 is 5.72 Å². The van der Waals surface area contributed by atoms with Gasteiger partial charge in [0.15, 0.2) is 5.72 Å². The number of rotatable bonds is 5. The van der Waals surface area contributed by atoms with Gasteiger partial charge in [-0.3, -0.25) is 9.59 Å². The van der Waals surface area contributed by atoms with Gasteiger partial charge in [-0.2, -0.15) is 0 Å². The highest BCUT2D eigenvalue weighted by Gasteiger charge is 2.36. The summed E-state index contributed by atoms with van der Waals surface area (Å²) in [5, 5.41) is 2.84. The average Bonchev–Trinajstić information content (AvgIpc) is 2.26. The molecule has 0 saturated heterocycles. The van der Waals surface area contributed by atoms with E-state index in [2.05, 4.69) is 5.32 Å². The standard InChI is InChI=1S/C12H21NO4/c1-10(14)17-12(7-4-3-5-8-12)13-11(15)6-9-16-2/h3-9H2,1-2H3,(H,13,15). The number of nitrogens with one attached hydrogen (secondary N) is 1. The topological polar surface area (TPSA) is 64.6 Å². The minimum atomic E-state index is -0.783. The third-order valence-electron chi connectivity index (χ3n) is 2.90. The van der Waals surface area contributed by atoms with Gasteiger partial charge in [-0.05, 0) is 12.8 Å². The van der Waals surface area contributed by atoms with Gasteiger partial charge in [-0.1, -0.05) is 6.42 Å². The van der Waals surface area contributed by atoms with Crippen LogP contribution in [0.25, 0.3) is 0 Å². The molecule has 0 heterocycles. The van der Waals surface area contributed by atoms with E-state index >= 15 is 0 Å². The average molecular weight is 243 g/mol. The molecule has 1 aliphatic rings. The maximum Gasteiger partial charge on any atom is 0.304 e. The molecule has 1 saturated carbocycles. The zero-order valence-corrected chi connectivity index (χ0v) is 10.6. The van der Waals surface area contributed by atoms with Crippen LogP contribution in [-0.2, 0) is 19.1 Å². The Balaban J connectivity index is 2.56. The van der Waals surface area contributed by atoms with Gasteiger partial charge in [0.2, 0.25) is 5.91 Å². The normalized spacial score (nSPS) is 18.5. The zero-order valence-electron chi connectivity index (χ0n) is 10.6. The number of ether oxygens (including phenoxy) is 2. The zero-order chi connectivity index (χ0) is 12.7. The fraction of sp³-hybridized carbons (Fsp3) is 0.833. The van der Waals surface area contributed by atoms with Gasteiger partial charge in [-0.15, -0.1) is 0 Å². The molecule has 0 unspecified atom stereocenters. The quantitative estimate of drug-likeness (QED) is 0.585. The summed E-state index contributed by atoms with van der Waals surface area (Å²) < 4.78 is 10.2. The summed E-state index contributed by atoms with van der Waals surface area (Å²) >= 11 is 0. The van der Waals surface area contributed by atoms with Crippen molar-refractivity contribution in [3.05, 3.63) is 0 Å². The first-order valence-corrected chi connectivity index (χ1v) is 6.07. The van der Waals surface area contributed by atoms with Crippen molar-refractivity contribution < 1.29 is 19.1 Å². The van der Waals surface area contributed by atoms with E-state index in [1.807, 2.05) is 0 Å². The largest absolute Gasteiger partial charge is 0.439 e. The Morgan fingerprint density at radius 2 is 1.88 bits per heavy atom. The van der Waals surface area contributed by atoms with Crippen LogP contribution in [0, 0.1) is 0 Å². The molecular weight excluding hydrogens is 222 g/mol. The molecule has 5 heteroatoms. The predicted molar refractivity (Wildman–Crippen MR) is 62.2 cm³/mol. The van der Waals surface area contributed by atoms with Crippen LogP contribution in [0.2, 0.25) is 0 Å². The molecule has 0 aromatic carbocycles. The van der Waals surface area contributed by atoms with Crippen LogP contribution in [0.5, 0.6) is 0 Å². The second-order valence-corrected chi connectivity index (χ2v) is 4.44. The molecule has 0 radical (unpaired) electrons. The summed E-state index contributed by atoms with van der Waals surface area (Å²) in [7, 11) is 1.55. The summed E-state index contributed by atoms with van der Waals surface area (Å²) in [5.74, 6) is -0.478. The maximum atomic E-state index is 11.7. The molecule has 0 aromatic rings. The van der Waals surface area contributed by atoms with Gasteiger partial charge >= 0.3 is 5.97 Å². The SMILES string of the molecule is COCCC(=O)NC1(OC(C)=O)CCCCC1. The van der Waals surface area contributed by atoms with E-state index in [9.17, 15) is 9.59 Å². The highest BCUT2D eigenvalue weighted by molar-refractivity contribution is 5.77. The molecule has 0 bridgehead atoms. The smallest absolute Gasteiger partial charge is 0.304 e. The Bertz CT molecular complexity index is 272. The Hall–Kier alpha value is -1.10. The van der Waals surface area contributed by atoms with Gasteiger partial charge in [0.05, 0.1) is 13.0 Å². The summed E-state index contributed by atoms with van der Waals surface area (Å²) in [6.07, 6.45) is 4.75. The van der Waals surface area contributed by atoms with Crippen molar-refractivity contribution in [3.63, 3.8) is 0 Å². The lowest BCUT2D eigenvalue weighted by Gasteiger charge is -2.37. The molecule has 0 aliphatic heterocycles. The van der Waals surface area contributed by atoms with Crippen molar-refractivity contribution in [2.75, 3.05) is 13.7 Å². The number of carbonyl (C=O) groups excluding carboxylic acids is 2. The molecule has 0 atom stereocenters. The lowest BCUT2D eigenvalue weighted by Crippen LogP contribution is -2.52. The molecule has 1 fully saturated rings. The van der Waals surface area contributed by atoms with Crippen LogP contribution in [0.3, 0.4) is 0 Å². The molecule has 0 spiro atoms. The molecule has 1 rings (SSSR count).